The maximum atomic E-state index is 6.07. The van der Waals surface area contributed by atoms with Gasteiger partial charge in [0, 0.05) is 29.3 Å². The summed E-state index contributed by atoms with van der Waals surface area (Å²) in [5.41, 5.74) is 9.99. The summed E-state index contributed by atoms with van der Waals surface area (Å²) in [4.78, 5) is 8.98. The average Bonchev–Trinajstić information content (AvgIpc) is 2.87. The third-order valence-corrected chi connectivity index (χ3v) is 5.57. The van der Waals surface area contributed by atoms with E-state index in [0.29, 0.717) is 40.8 Å². The Labute approximate surface area is 204 Å². The number of hydrogen-bond donors (Lipinski definition) is 2. The number of rotatable bonds is 8. The molecular weight excluding hydrogens is 444 g/mol. The second-order valence-electron chi connectivity index (χ2n) is 7.63. The second kappa shape index (κ2) is 10.1. The fraction of sp³-hybridized carbons (Fsp3) is 0.185. The van der Waals surface area contributed by atoms with Crippen molar-refractivity contribution >= 4 is 28.4 Å². The summed E-state index contributed by atoms with van der Waals surface area (Å²) in [6.07, 6.45) is 6.05. The molecule has 0 atom stereocenters. The molecule has 0 saturated heterocycles. The Morgan fingerprint density at radius 1 is 0.886 bits per heavy atom. The Morgan fingerprint density at radius 2 is 1.66 bits per heavy atom. The van der Waals surface area contributed by atoms with Gasteiger partial charge in [-0.3, -0.25) is 0 Å². The predicted molar refractivity (Wildman–Crippen MR) is 137 cm³/mol. The van der Waals surface area contributed by atoms with Crippen molar-refractivity contribution in [2.24, 2.45) is 0 Å². The van der Waals surface area contributed by atoms with Crippen molar-refractivity contribution in [1.29, 1.82) is 0 Å². The molecule has 3 aromatic carbocycles. The lowest BCUT2D eigenvalue weighted by molar-refractivity contribution is 0.352. The number of terminal acetylenes is 1. The Bertz CT molecular complexity index is 1430. The molecule has 3 N–H and O–H groups in total. The zero-order valence-corrected chi connectivity index (χ0v) is 20.0. The molecule has 0 fully saturated rings. The molecule has 0 spiro atoms. The van der Waals surface area contributed by atoms with Gasteiger partial charge in [-0.1, -0.05) is 18.1 Å². The maximum Gasteiger partial charge on any atom is 0.222 e. The highest BCUT2D eigenvalue weighted by Crippen LogP contribution is 2.42. The van der Waals surface area contributed by atoms with Crippen LogP contribution in [0.2, 0.25) is 0 Å². The first-order valence-corrected chi connectivity index (χ1v) is 10.8. The Hall–Kier alpha value is -4.64. The molecule has 178 valence electrons. The molecule has 0 aliphatic heterocycles. The first-order valence-electron chi connectivity index (χ1n) is 10.8. The molecular formula is C27H26N4O4. The number of nitrogen functional groups attached to an aromatic ring is 1. The standard InChI is InChI=1S/C27H26N4O4/c1-6-16-8-7-9-18(12-16)29-26-24-19(13-17-10-11-21(32-2)22(14-17)33-3)25(35-5)23(34-4)15-20(24)30-27(28)31-26/h1,7-12,14-15H,13H2,2-5H3,(H3,28,29,30,31). The number of nitrogens with one attached hydrogen (secondary N) is 1. The van der Waals surface area contributed by atoms with E-state index in [0.717, 1.165) is 27.8 Å². The van der Waals surface area contributed by atoms with Gasteiger partial charge in [0.15, 0.2) is 23.0 Å². The number of nitrogens with two attached hydrogens (primary N) is 1. The van der Waals surface area contributed by atoms with E-state index in [2.05, 4.69) is 21.2 Å². The summed E-state index contributed by atoms with van der Waals surface area (Å²) in [6.45, 7) is 0. The smallest absolute Gasteiger partial charge is 0.222 e. The van der Waals surface area contributed by atoms with Crippen LogP contribution in [0.25, 0.3) is 10.9 Å². The first-order chi connectivity index (χ1) is 17.0. The lowest BCUT2D eigenvalue weighted by Crippen LogP contribution is -2.06. The van der Waals surface area contributed by atoms with Crippen molar-refractivity contribution in [3.05, 3.63) is 65.2 Å². The Kier molecular flexibility index (Phi) is 6.78. The lowest BCUT2D eigenvalue weighted by Gasteiger charge is -2.19. The van der Waals surface area contributed by atoms with Crippen LogP contribution in [0.15, 0.2) is 48.5 Å². The van der Waals surface area contributed by atoms with E-state index in [-0.39, 0.29) is 5.95 Å². The number of nitrogens with zero attached hydrogens (tertiary/aromatic N) is 2. The van der Waals surface area contributed by atoms with E-state index in [1.165, 1.54) is 0 Å². The zero-order valence-electron chi connectivity index (χ0n) is 20.0. The molecule has 0 saturated carbocycles. The van der Waals surface area contributed by atoms with Crippen LogP contribution in [-0.4, -0.2) is 38.4 Å². The highest BCUT2D eigenvalue weighted by Gasteiger charge is 2.21. The van der Waals surface area contributed by atoms with Crippen molar-refractivity contribution in [3.8, 4) is 35.3 Å². The highest BCUT2D eigenvalue weighted by atomic mass is 16.5. The molecule has 0 bridgehead atoms. The van der Waals surface area contributed by atoms with Crippen LogP contribution < -0.4 is 30.0 Å². The summed E-state index contributed by atoms with van der Waals surface area (Å²) in [5, 5.41) is 4.10. The monoisotopic (exact) mass is 470 g/mol. The van der Waals surface area contributed by atoms with Crippen molar-refractivity contribution in [1.82, 2.24) is 9.97 Å². The van der Waals surface area contributed by atoms with Crippen LogP contribution in [0, 0.1) is 12.3 Å². The number of benzene rings is 3. The van der Waals surface area contributed by atoms with Gasteiger partial charge in [-0.25, -0.2) is 4.98 Å². The van der Waals surface area contributed by atoms with Crippen LogP contribution in [0.3, 0.4) is 0 Å². The highest BCUT2D eigenvalue weighted by molar-refractivity contribution is 5.97. The van der Waals surface area contributed by atoms with Crippen molar-refractivity contribution in [2.75, 3.05) is 39.5 Å². The minimum absolute atomic E-state index is 0.123. The molecule has 1 heterocycles. The van der Waals surface area contributed by atoms with Gasteiger partial charge in [-0.2, -0.15) is 4.98 Å². The van der Waals surface area contributed by atoms with E-state index >= 15 is 0 Å². The van der Waals surface area contributed by atoms with Gasteiger partial charge in [0.05, 0.1) is 39.3 Å². The third-order valence-electron chi connectivity index (χ3n) is 5.57. The summed E-state index contributed by atoms with van der Waals surface area (Å²) < 4.78 is 22.3. The third kappa shape index (κ3) is 4.70. The molecule has 8 nitrogen and oxygen atoms in total. The van der Waals surface area contributed by atoms with Gasteiger partial charge in [0.25, 0.3) is 0 Å². The lowest BCUT2D eigenvalue weighted by atomic mass is 9.98. The van der Waals surface area contributed by atoms with Crippen LogP contribution in [0.1, 0.15) is 16.7 Å². The van der Waals surface area contributed by atoms with Gasteiger partial charge in [0.2, 0.25) is 5.95 Å². The SMILES string of the molecule is C#Cc1cccc(Nc2nc(N)nc3cc(OC)c(OC)c(Cc4ccc(OC)c(OC)c4)c23)c1. The van der Waals surface area contributed by atoms with E-state index in [4.69, 9.17) is 31.1 Å². The summed E-state index contributed by atoms with van der Waals surface area (Å²) in [5.74, 6) is 5.67. The van der Waals surface area contributed by atoms with Crippen LogP contribution in [0.5, 0.6) is 23.0 Å². The van der Waals surface area contributed by atoms with Gasteiger partial charge < -0.3 is 30.0 Å². The van der Waals surface area contributed by atoms with Gasteiger partial charge >= 0.3 is 0 Å². The number of fused-ring (bicyclic) bond motifs is 1. The number of anilines is 3. The van der Waals surface area contributed by atoms with Crippen molar-refractivity contribution in [2.45, 2.75) is 6.42 Å². The average molecular weight is 471 g/mol. The number of hydrogen-bond acceptors (Lipinski definition) is 8. The van der Waals surface area contributed by atoms with Crippen LogP contribution in [0.4, 0.5) is 17.5 Å². The summed E-state index contributed by atoms with van der Waals surface area (Å²) in [6, 6.07) is 15.0. The summed E-state index contributed by atoms with van der Waals surface area (Å²) in [7, 11) is 6.39. The number of ether oxygens (including phenoxy) is 4. The number of methoxy groups -OCH3 is 4. The maximum absolute atomic E-state index is 6.07. The topological polar surface area (TPSA) is 101 Å². The molecule has 0 aliphatic rings. The zero-order chi connectivity index (χ0) is 24.9. The largest absolute Gasteiger partial charge is 0.493 e. The molecule has 0 aliphatic carbocycles. The molecule has 0 radical (unpaired) electrons. The van der Waals surface area contributed by atoms with Gasteiger partial charge in [-0.05, 0) is 35.9 Å². The minimum Gasteiger partial charge on any atom is -0.493 e. The van der Waals surface area contributed by atoms with Crippen LogP contribution in [-0.2, 0) is 6.42 Å². The second-order valence-corrected chi connectivity index (χ2v) is 7.63. The molecule has 1 aromatic heterocycles. The molecule has 8 heteroatoms. The van der Waals surface area contributed by atoms with E-state index in [1.807, 2.05) is 42.5 Å². The van der Waals surface area contributed by atoms with Crippen molar-refractivity contribution in [3.63, 3.8) is 0 Å². The molecule has 4 rings (SSSR count). The molecule has 0 amide bonds. The number of aromatic nitrogens is 2. The van der Waals surface area contributed by atoms with E-state index < -0.39 is 0 Å². The normalized spacial score (nSPS) is 10.5. The quantitative estimate of drug-likeness (QED) is 0.362. The predicted octanol–water partition coefficient (Wildman–Crippen LogP) is 4.56. The van der Waals surface area contributed by atoms with Crippen LogP contribution >= 0.6 is 0 Å². The molecule has 0 unspecified atom stereocenters. The van der Waals surface area contributed by atoms with E-state index in [9.17, 15) is 0 Å². The fourth-order valence-electron chi connectivity index (χ4n) is 4.00. The van der Waals surface area contributed by atoms with Gasteiger partial charge in [-0.15, -0.1) is 6.42 Å². The summed E-state index contributed by atoms with van der Waals surface area (Å²) >= 11 is 0. The van der Waals surface area contributed by atoms with Crippen molar-refractivity contribution < 1.29 is 18.9 Å². The molecule has 35 heavy (non-hydrogen) atoms. The fourth-order valence-corrected chi connectivity index (χ4v) is 4.00. The minimum atomic E-state index is 0.123. The first kappa shape index (κ1) is 23.5. The Morgan fingerprint density at radius 3 is 2.34 bits per heavy atom. The van der Waals surface area contributed by atoms with E-state index in [1.54, 1.807) is 34.5 Å². The molecule has 4 aromatic rings. The van der Waals surface area contributed by atoms with Gasteiger partial charge in [0.1, 0.15) is 5.82 Å². The Balaban J connectivity index is 1.94.